The minimum atomic E-state index is -4.36. The highest BCUT2D eigenvalue weighted by molar-refractivity contribution is 8.00. The van der Waals surface area contributed by atoms with Gasteiger partial charge in [0.1, 0.15) is 0 Å². The average Bonchev–Trinajstić information content (AvgIpc) is 2.32. The summed E-state index contributed by atoms with van der Waals surface area (Å²) < 4.78 is 36.0. The standard InChI is InChI=1S/C14H16F3NO3S/c1-8-3-9(2)5-10(4-8)12(13(20)21)18-11(19)6-22-7-14(15,16)17/h3-5,12H,6-7H2,1-2H3,(H,18,19)(H,20,21). The predicted octanol–water partition coefficient (Wildman–Crippen LogP) is 2.84. The Morgan fingerprint density at radius 3 is 2.23 bits per heavy atom. The molecule has 0 aliphatic rings. The van der Waals surface area contributed by atoms with Crippen LogP contribution in [-0.2, 0) is 9.59 Å². The first-order valence-corrected chi connectivity index (χ1v) is 7.49. The van der Waals surface area contributed by atoms with Gasteiger partial charge in [-0.25, -0.2) is 4.79 Å². The van der Waals surface area contributed by atoms with Gasteiger partial charge in [-0.1, -0.05) is 29.3 Å². The molecule has 1 unspecified atom stereocenters. The quantitative estimate of drug-likeness (QED) is 0.839. The number of carboxylic acids is 1. The Hall–Kier alpha value is -1.70. The number of aliphatic carboxylic acids is 1. The Kier molecular flexibility index (Phi) is 6.28. The van der Waals surface area contributed by atoms with E-state index in [1.165, 1.54) is 0 Å². The van der Waals surface area contributed by atoms with Crippen LogP contribution in [0.4, 0.5) is 13.2 Å². The van der Waals surface area contributed by atoms with Gasteiger partial charge in [-0.3, -0.25) is 4.79 Å². The molecule has 1 amide bonds. The number of alkyl halides is 3. The first-order valence-electron chi connectivity index (χ1n) is 6.33. The summed E-state index contributed by atoms with van der Waals surface area (Å²) in [6, 6.07) is 3.81. The van der Waals surface area contributed by atoms with Crippen LogP contribution in [0, 0.1) is 13.8 Å². The van der Waals surface area contributed by atoms with E-state index < -0.39 is 35.6 Å². The van der Waals surface area contributed by atoms with Gasteiger partial charge in [-0.15, -0.1) is 11.8 Å². The van der Waals surface area contributed by atoms with E-state index in [4.69, 9.17) is 0 Å². The van der Waals surface area contributed by atoms with Crippen molar-refractivity contribution in [2.75, 3.05) is 11.5 Å². The van der Waals surface area contributed by atoms with Crippen LogP contribution in [0.15, 0.2) is 18.2 Å². The third-order valence-electron chi connectivity index (χ3n) is 2.63. The zero-order valence-corrected chi connectivity index (χ0v) is 12.8. The fourth-order valence-electron chi connectivity index (χ4n) is 1.93. The number of hydrogen-bond donors (Lipinski definition) is 2. The van der Waals surface area contributed by atoms with Gasteiger partial charge in [0, 0.05) is 0 Å². The van der Waals surface area contributed by atoms with Crippen LogP contribution in [0.5, 0.6) is 0 Å². The van der Waals surface area contributed by atoms with Gasteiger partial charge in [0.05, 0.1) is 11.5 Å². The maximum atomic E-state index is 12.0. The molecule has 0 spiro atoms. The third-order valence-corrected chi connectivity index (χ3v) is 3.63. The monoisotopic (exact) mass is 335 g/mol. The molecule has 0 aromatic heterocycles. The number of carbonyl (C=O) groups excluding carboxylic acids is 1. The molecule has 4 nitrogen and oxygen atoms in total. The molecule has 2 N–H and O–H groups in total. The van der Waals surface area contributed by atoms with Gasteiger partial charge in [0.25, 0.3) is 0 Å². The number of amides is 1. The number of nitrogens with one attached hydrogen (secondary N) is 1. The molecule has 1 rings (SSSR count). The van der Waals surface area contributed by atoms with Crippen LogP contribution >= 0.6 is 11.8 Å². The van der Waals surface area contributed by atoms with Gasteiger partial charge in [0.2, 0.25) is 5.91 Å². The molecule has 0 saturated heterocycles. The molecule has 0 saturated carbocycles. The number of benzene rings is 1. The van der Waals surface area contributed by atoms with Crippen LogP contribution in [0.3, 0.4) is 0 Å². The topological polar surface area (TPSA) is 66.4 Å². The van der Waals surface area contributed by atoms with Crippen LogP contribution in [0.2, 0.25) is 0 Å². The largest absolute Gasteiger partial charge is 0.479 e. The lowest BCUT2D eigenvalue weighted by Gasteiger charge is -2.16. The highest BCUT2D eigenvalue weighted by Gasteiger charge is 2.28. The molecule has 8 heteroatoms. The molecule has 0 radical (unpaired) electrons. The SMILES string of the molecule is Cc1cc(C)cc(C(NC(=O)CSCC(F)(F)F)C(=O)O)c1. The van der Waals surface area contributed by atoms with Crippen LogP contribution < -0.4 is 5.32 Å². The van der Waals surface area contributed by atoms with Crippen molar-refractivity contribution in [3.63, 3.8) is 0 Å². The van der Waals surface area contributed by atoms with Crippen molar-refractivity contribution in [1.29, 1.82) is 0 Å². The van der Waals surface area contributed by atoms with E-state index in [-0.39, 0.29) is 0 Å². The van der Waals surface area contributed by atoms with Crippen molar-refractivity contribution >= 4 is 23.6 Å². The highest BCUT2D eigenvalue weighted by Crippen LogP contribution is 2.21. The lowest BCUT2D eigenvalue weighted by Crippen LogP contribution is -2.35. The molecule has 0 fully saturated rings. The van der Waals surface area contributed by atoms with E-state index in [1.807, 2.05) is 6.07 Å². The van der Waals surface area contributed by atoms with E-state index in [9.17, 15) is 27.9 Å². The number of carbonyl (C=O) groups is 2. The summed E-state index contributed by atoms with van der Waals surface area (Å²) in [6.45, 7) is 3.58. The second-order valence-corrected chi connectivity index (χ2v) is 5.85. The maximum Gasteiger partial charge on any atom is 0.397 e. The molecule has 1 aromatic rings. The smallest absolute Gasteiger partial charge is 0.397 e. The summed E-state index contributed by atoms with van der Waals surface area (Å²) in [6.07, 6.45) is -4.36. The Balaban J connectivity index is 2.72. The molecular formula is C14H16F3NO3S. The zero-order chi connectivity index (χ0) is 16.9. The Bertz CT molecular complexity index is 541. The van der Waals surface area contributed by atoms with Gasteiger partial charge in [-0.05, 0) is 19.4 Å². The van der Waals surface area contributed by atoms with Crippen molar-refractivity contribution in [3.05, 3.63) is 34.9 Å². The summed E-state index contributed by atoms with van der Waals surface area (Å²) in [5.41, 5.74) is 2.06. The zero-order valence-electron chi connectivity index (χ0n) is 12.0. The molecular weight excluding hydrogens is 319 g/mol. The van der Waals surface area contributed by atoms with Gasteiger partial charge in [0.15, 0.2) is 6.04 Å². The van der Waals surface area contributed by atoms with E-state index in [1.54, 1.807) is 26.0 Å². The molecule has 1 aromatic carbocycles. The fourth-order valence-corrected chi connectivity index (χ4v) is 2.53. The number of carboxylic acid groups (broad SMARTS) is 1. The number of aryl methyl sites for hydroxylation is 2. The molecule has 0 heterocycles. The summed E-state index contributed by atoms with van der Waals surface area (Å²) >= 11 is 0.394. The van der Waals surface area contributed by atoms with E-state index >= 15 is 0 Å². The van der Waals surface area contributed by atoms with Crippen LogP contribution in [0.1, 0.15) is 22.7 Å². The second kappa shape index (κ2) is 7.53. The van der Waals surface area contributed by atoms with E-state index in [0.29, 0.717) is 17.3 Å². The van der Waals surface area contributed by atoms with E-state index in [2.05, 4.69) is 5.32 Å². The minimum Gasteiger partial charge on any atom is -0.479 e. The molecule has 122 valence electrons. The third kappa shape index (κ3) is 6.38. The summed E-state index contributed by atoms with van der Waals surface area (Å²) in [7, 11) is 0. The number of rotatable bonds is 6. The predicted molar refractivity (Wildman–Crippen MR) is 77.8 cm³/mol. The van der Waals surface area contributed by atoms with Crippen LogP contribution in [0.25, 0.3) is 0 Å². The number of halogens is 3. The van der Waals surface area contributed by atoms with Crippen LogP contribution in [-0.4, -0.2) is 34.7 Å². The Morgan fingerprint density at radius 1 is 1.23 bits per heavy atom. The Labute approximate surface area is 130 Å². The lowest BCUT2D eigenvalue weighted by molar-refractivity contribution is -0.141. The first-order chi connectivity index (χ1) is 10.1. The number of hydrogen-bond acceptors (Lipinski definition) is 3. The average molecular weight is 335 g/mol. The lowest BCUT2D eigenvalue weighted by atomic mass is 10.0. The van der Waals surface area contributed by atoms with E-state index in [0.717, 1.165) is 11.1 Å². The van der Waals surface area contributed by atoms with Gasteiger partial charge in [-0.2, -0.15) is 13.2 Å². The fraction of sp³-hybridized carbons (Fsp3) is 0.429. The highest BCUT2D eigenvalue weighted by atomic mass is 32.2. The van der Waals surface area contributed by atoms with Crippen molar-refractivity contribution in [2.45, 2.75) is 26.1 Å². The Morgan fingerprint density at radius 2 is 1.77 bits per heavy atom. The summed E-state index contributed by atoms with van der Waals surface area (Å²) in [4.78, 5) is 22.9. The van der Waals surface area contributed by atoms with Gasteiger partial charge < -0.3 is 10.4 Å². The van der Waals surface area contributed by atoms with Crippen molar-refractivity contribution in [3.8, 4) is 0 Å². The van der Waals surface area contributed by atoms with Gasteiger partial charge >= 0.3 is 12.1 Å². The normalized spacial score (nSPS) is 12.8. The van der Waals surface area contributed by atoms with Crippen molar-refractivity contribution in [2.24, 2.45) is 0 Å². The molecule has 0 bridgehead atoms. The molecule has 1 atom stereocenters. The number of thioether (sulfide) groups is 1. The molecule has 0 aliphatic heterocycles. The van der Waals surface area contributed by atoms with Crippen molar-refractivity contribution in [1.82, 2.24) is 5.32 Å². The molecule has 22 heavy (non-hydrogen) atoms. The van der Waals surface area contributed by atoms with Crippen molar-refractivity contribution < 1.29 is 27.9 Å². The minimum absolute atomic E-state index is 0.388. The first kappa shape index (κ1) is 18.3. The summed E-state index contributed by atoms with van der Waals surface area (Å²) in [5.74, 6) is -3.62. The molecule has 0 aliphatic carbocycles. The second-order valence-electron chi connectivity index (χ2n) is 4.87. The summed E-state index contributed by atoms with van der Waals surface area (Å²) in [5, 5.41) is 11.5. The maximum absolute atomic E-state index is 12.0.